The second kappa shape index (κ2) is 6.13. The molecule has 5 nitrogen and oxygen atoms in total. The maximum absolute atomic E-state index is 12.8. The van der Waals surface area contributed by atoms with Crippen molar-refractivity contribution in [3.05, 3.63) is 59.2 Å². The highest BCUT2D eigenvalue weighted by Gasteiger charge is 2.14. The van der Waals surface area contributed by atoms with Crippen LogP contribution < -0.4 is 0 Å². The van der Waals surface area contributed by atoms with Crippen molar-refractivity contribution in [2.24, 2.45) is 4.99 Å². The van der Waals surface area contributed by atoms with Crippen molar-refractivity contribution in [3.63, 3.8) is 0 Å². The van der Waals surface area contributed by atoms with Crippen LogP contribution in [0.25, 0.3) is 0 Å². The fourth-order valence-corrected chi connectivity index (χ4v) is 1.65. The number of H-pyrrole nitrogens is 1. The third-order valence-corrected chi connectivity index (χ3v) is 2.69. The number of amides is 1. The molecule has 1 heterocycles. The number of hydrogen-bond acceptors (Lipinski definition) is 2. The van der Waals surface area contributed by atoms with E-state index in [4.69, 9.17) is 0 Å². The molecule has 0 aliphatic heterocycles. The molecule has 1 aromatic carbocycles. The number of aromatic amines is 1. The summed E-state index contributed by atoms with van der Waals surface area (Å²) in [7, 11) is 3.49. The number of ketones is 1. The van der Waals surface area contributed by atoms with E-state index in [-0.39, 0.29) is 11.5 Å². The molecule has 0 saturated heterocycles. The molecule has 0 atom stereocenters. The van der Waals surface area contributed by atoms with Gasteiger partial charge in [-0.3, -0.25) is 9.59 Å². The minimum Gasteiger partial charge on any atom is -0.369 e. The quantitative estimate of drug-likeness (QED) is 0.532. The molecule has 0 bridgehead atoms. The van der Waals surface area contributed by atoms with Gasteiger partial charge in [-0.2, -0.15) is 4.99 Å². The molecule has 0 fully saturated rings. The van der Waals surface area contributed by atoms with Gasteiger partial charge < -0.3 is 9.88 Å². The van der Waals surface area contributed by atoms with E-state index < -0.39 is 11.7 Å². The molecule has 0 saturated carbocycles. The van der Waals surface area contributed by atoms with Gasteiger partial charge in [0, 0.05) is 31.4 Å². The van der Waals surface area contributed by atoms with Crippen LogP contribution in [0.5, 0.6) is 0 Å². The number of nitrogens with one attached hydrogen (secondary N) is 1. The van der Waals surface area contributed by atoms with E-state index in [9.17, 15) is 14.0 Å². The van der Waals surface area contributed by atoms with Crippen LogP contribution >= 0.6 is 0 Å². The number of aromatic nitrogens is 1. The Morgan fingerprint density at radius 1 is 1.19 bits per heavy atom. The van der Waals surface area contributed by atoms with Gasteiger partial charge in [-0.25, -0.2) is 4.39 Å². The molecule has 2 rings (SSSR count). The number of hydrogen-bond donors (Lipinski definition) is 1. The number of benzene rings is 1. The van der Waals surface area contributed by atoms with E-state index in [0.717, 1.165) is 0 Å². The molecule has 1 amide bonds. The number of rotatable bonds is 4. The van der Waals surface area contributed by atoms with E-state index in [2.05, 4.69) is 9.98 Å². The fourth-order valence-electron chi connectivity index (χ4n) is 1.65. The molecule has 1 N–H and O–H groups in total. The first-order valence-corrected chi connectivity index (χ1v) is 6.21. The Bertz CT molecular complexity index is 687. The maximum Gasteiger partial charge on any atom is 0.294 e. The van der Waals surface area contributed by atoms with E-state index >= 15 is 0 Å². The van der Waals surface area contributed by atoms with E-state index in [1.165, 1.54) is 42.9 Å². The Morgan fingerprint density at radius 3 is 2.48 bits per heavy atom. The summed E-state index contributed by atoms with van der Waals surface area (Å²) >= 11 is 0. The summed E-state index contributed by atoms with van der Waals surface area (Å²) < 4.78 is 12.8. The summed E-state index contributed by atoms with van der Waals surface area (Å²) in [6.45, 7) is 0. The smallest absolute Gasteiger partial charge is 0.294 e. The van der Waals surface area contributed by atoms with Gasteiger partial charge in [0.15, 0.2) is 5.78 Å². The molecule has 6 heteroatoms. The number of nitrogens with zero attached hydrogens (tertiary/aromatic N) is 2. The van der Waals surface area contributed by atoms with Gasteiger partial charge in [-0.05, 0) is 30.3 Å². The lowest BCUT2D eigenvalue weighted by atomic mass is 10.1. The summed E-state index contributed by atoms with van der Waals surface area (Å²) in [6.07, 6.45) is 2.81. The predicted octanol–water partition coefficient (Wildman–Crippen LogP) is 2.11. The minimum atomic E-state index is -0.471. The molecule has 0 unspecified atom stereocenters. The van der Waals surface area contributed by atoms with Gasteiger partial charge in [0.1, 0.15) is 11.5 Å². The average molecular weight is 287 g/mol. The van der Waals surface area contributed by atoms with Gasteiger partial charge in [-0.15, -0.1) is 0 Å². The lowest BCUT2D eigenvalue weighted by molar-refractivity contribution is 0.0998. The van der Waals surface area contributed by atoms with Crippen molar-refractivity contribution in [3.8, 4) is 0 Å². The van der Waals surface area contributed by atoms with Crippen molar-refractivity contribution in [2.45, 2.75) is 0 Å². The first kappa shape index (κ1) is 14.6. The zero-order valence-corrected chi connectivity index (χ0v) is 11.6. The largest absolute Gasteiger partial charge is 0.369 e. The maximum atomic E-state index is 12.8. The van der Waals surface area contributed by atoms with E-state index in [1.54, 1.807) is 19.0 Å². The predicted molar refractivity (Wildman–Crippen MR) is 77.1 cm³/mol. The second-order valence-corrected chi connectivity index (χ2v) is 4.65. The second-order valence-electron chi connectivity index (χ2n) is 4.65. The topological polar surface area (TPSA) is 65.5 Å². The van der Waals surface area contributed by atoms with Crippen molar-refractivity contribution >= 4 is 18.0 Å². The van der Waals surface area contributed by atoms with Gasteiger partial charge in [-0.1, -0.05) is 0 Å². The molecule has 2 aromatic rings. The molecular formula is C15H14FN3O2. The number of halogens is 1. The molecule has 21 heavy (non-hydrogen) atoms. The summed E-state index contributed by atoms with van der Waals surface area (Å²) in [5.41, 5.74) is 0.898. The summed E-state index contributed by atoms with van der Waals surface area (Å²) in [5.74, 6) is -1.17. The minimum absolute atomic E-state index is 0.221. The van der Waals surface area contributed by atoms with Crippen LogP contribution in [0.4, 0.5) is 4.39 Å². The van der Waals surface area contributed by atoms with Gasteiger partial charge in [0.2, 0.25) is 0 Å². The average Bonchev–Trinajstić information content (AvgIpc) is 2.94. The lowest BCUT2D eigenvalue weighted by Gasteiger charge is -2.00. The molecule has 0 radical (unpaired) electrons. The lowest BCUT2D eigenvalue weighted by Crippen LogP contribution is -2.09. The van der Waals surface area contributed by atoms with Gasteiger partial charge in [0.05, 0.1) is 6.34 Å². The Hall–Kier alpha value is -2.76. The molecule has 1 aromatic heterocycles. The number of aliphatic imine (C=N–C) groups is 1. The molecule has 0 aliphatic carbocycles. The third-order valence-electron chi connectivity index (χ3n) is 2.69. The van der Waals surface area contributed by atoms with E-state index in [0.29, 0.717) is 11.1 Å². The van der Waals surface area contributed by atoms with Crippen LogP contribution in [0.1, 0.15) is 26.4 Å². The number of carbonyl (C=O) groups is 2. The van der Waals surface area contributed by atoms with Crippen LogP contribution in [0.15, 0.2) is 41.5 Å². The molecular weight excluding hydrogens is 273 g/mol. The van der Waals surface area contributed by atoms with Crippen molar-refractivity contribution < 1.29 is 14.0 Å². The zero-order chi connectivity index (χ0) is 15.4. The van der Waals surface area contributed by atoms with Crippen LogP contribution in [0, 0.1) is 5.82 Å². The van der Waals surface area contributed by atoms with Crippen molar-refractivity contribution in [2.75, 3.05) is 14.1 Å². The van der Waals surface area contributed by atoms with Crippen molar-refractivity contribution in [1.82, 2.24) is 9.88 Å². The fraction of sp³-hybridized carbons (Fsp3) is 0.133. The Morgan fingerprint density at radius 2 is 1.86 bits per heavy atom. The summed E-state index contributed by atoms with van der Waals surface area (Å²) in [6, 6.07) is 6.66. The summed E-state index contributed by atoms with van der Waals surface area (Å²) in [4.78, 5) is 32.0. The first-order valence-electron chi connectivity index (χ1n) is 6.21. The normalized spacial score (nSPS) is 10.8. The standard InChI is InChI=1S/C15H14FN3O2/c1-19(2)9-18-15(21)13-7-11(8-17-13)14(20)10-3-5-12(16)6-4-10/h3-9,17H,1-2H3. The highest BCUT2D eigenvalue weighted by atomic mass is 19.1. The monoisotopic (exact) mass is 287 g/mol. The highest BCUT2D eigenvalue weighted by Crippen LogP contribution is 2.12. The van der Waals surface area contributed by atoms with E-state index in [1.807, 2.05) is 0 Å². The molecule has 0 aliphatic rings. The van der Waals surface area contributed by atoms with Gasteiger partial charge >= 0.3 is 0 Å². The third kappa shape index (κ3) is 3.62. The molecule has 0 spiro atoms. The Kier molecular flexibility index (Phi) is 4.27. The summed E-state index contributed by atoms with van der Waals surface area (Å²) in [5, 5.41) is 0. The Labute approximate surface area is 121 Å². The van der Waals surface area contributed by atoms with Crippen LogP contribution in [-0.4, -0.2) is 42.0 Å². The number of carbonyl (C=O) groups excluding carboxylic acids is 2. The van der Waals surface area contributed by atoms with Crippen LogP contribution in [0.2, 0.25) is 0 Å². The van der Waals surface area contributed by atoms with Crippen LogP contribution in [-0.2, 0) is 0 Å². The Balaban J connectivity index is 2.18. The SMILES string of the molecule is CN(C)C=NC(=O)c1cc(C(=O)c2ccc(F)cc2)c[nH]1. The van der Waals surface area contributed by atoms with Crippen molar-refractivity contribution in [1.29, 1.82) is 0 Å². The zero-order valence-electron chi connectivity index (χ0n) is 11.6. The molecule has 108 valence electrons. The highest BCUT2D eigenvalue weighted by molar-refractivity contribution is 6.10. The van der Waals surface area contributed by atoms with Crippen LogP contribution in [0.3, 0.4) is 0 Å². The first-order chi connectivity index (χ1) is 9.97. The van der Waals surface area contributed by atoms with Gasteiger partial charge in [0.25, 0.3) is 5.91 Å².